The lowest BCUT2D eigenvalue weighted by Crippen LogP contribution is -2.30. The molecule has 2 heterocycles. The molecule has 1 aromatic heterocycles. The molecule has 0 aliphatic carbocycles. The van der Waals surface area contributed by atoms with E-state index in [1.807, 2.05) is 26.0 Å². The molecule has 8 nitrogen and oxygen atoms in total. The molecule has 2 N–H and O–H groups in total. The SMILES string of the molecule is COc1cccc(C2/C(=C(\O)c3cc(Cl)ccc3OC)C(=O)C(=O)N2c2nc3cc(C)c(C)cc3[nH]2)c1. The molecule has 1 aliphatic heterocycles. The highest BCUT2D eigenvalue weighted by atomic mass is 35.5. The first-order chi connectivity index (χ1) is 17.7. The van der Waals surface area contributed by atoms with E-state index in [2.05, 4.69) is 9.97 Å². The number of aryl methyl sites for hydroxylation is 2. The van der Waals surface area contributed by atoms with Gasteiger partial charge in [-0.05, 0) is 73.0 Å². The Morgan fingerprint density at radius 2 is 1.78 bits per heavy atom. The van der Waals surface area contributed by atoms with Crippen molar-refractivity contribution in [1.29, 1.82) is 0 Å². The molecule has 1 saturated heterocycles. The number of methoxy groups -OCH3 is 2. The van der Waals surface area contributed by atoms with Gasteiger partial charge in [-0.15, -0.1) is 0 Å². The van der Waals surface area contributed by atoms with Crippen molar-refractivity contribution in [3.63, 3.8) is 0 Å². The van der Waals surface area contributed by atoms with Crippen molar-refractivity contribution in [3.05, 3.63) is 87.4 Å². The molecule has 3 aromatic carbocycles. The first-order valence-corrected chi connectivity index (χ1v) is 11.9. The number of aliphatic hydroxyl groups excluding tert-OH is 1. The fraction of sp³-hybridized carbons (Fsp3) is 0.179. The maximum absolute atomic E-state index is 13.5. The molecule has 0 radical (unpaired) electrons. The van der Waals surface area contributed by atoms with Gasteiger partial charge in [-0.1, -0.05) is 23.7 Å². The lowest BCUT2D eigenvalue weighted by atomic mass is 9.95. The fourth-order valence-electron chi connectivity index (χ4n) is 4.56. The largest absolute Gasteiger partial charge is 0.507 e. The van der Waals surface area contributed by atoms with E-state index in [4.69, 9.17) is 21.1 Å². The van der Waals surface area contributed by atoms with Gasteiger partial charge < -0.3 is 19.6 Å². The zero-order valence-electron chi connectivity index (χ0n) is 20.6. The monoisotopic (exact) mass is 517 g/mol. The zero-order valence-corrected chi connectivity index (χ0v) is 21.4. The highest BCUT2D eigenvalue weighted by molar-refractivity contribution is 6.51. The molecular formula is C28H24ClN3O5. The molecule has 0 bridgehead atoms. The lowest BCUT2D eigenvalue weighted by Gasteiger charge is -2.23. The van der Waals surface area contributed by atoms with Crippen LogP contribution in [0.15, 0.2) is 60.2 Å². The van der Waals surface area contributed by atoms with Crippen LogP contribution in [0, 0.1) is 13.8 Å². The van der Waals surface area contributed by atoms with E-state index in [9.17, 15) is 14.7 Å². The number of nitrogens with one attached hydrogen (secondary N) is 1. The maximum Gasteiger partial charge on any atom is 0.302 e. The number of fused-ring (bicyclic) bond motifs is 1. The highest BCUT2D eigenvalue weighted by Gasteiger charge is 2.48. The van der Waals surface area contributed by atoms with Crippen molar-refractivity contribution in [2.45, 2.75) is 19.9 Å². The van der Waals surface area contributed by atoms with E-state index < -0.39 is 23.5 Å². The van der Waals surface area contributed by atoms with Crippen LogP contribution in [0.4, 0.5) is 5.95 Å². The number of benzene rings is 3. The van der Waals surface area contributed by atoms with Crippen molar-refractivity contribution < 1.29 is 24.2 Å². The smallest absolute Gasteiger partial charge is 0.302 e. The number of aliphatic hydroxyl groups is 1. The van der Waals surface area contributed by atoms with Crippen LogP contribution in [0.3, 0.4) is 0 Å². The number of Topliss-reactive ketones (excluding diaryl/α,β-unsaturated/α-hetero) is 1. The number of ether oxygens (including phenoxy) is 2. The normalized spacial score (nSPS) is 17.0. The average molecular weight is 518 g/mol. The molecule has 1 amide bonds. The second kappa shape index (κ2) is 9.29. The van der Waals surface area contributed by atoms with Gasteiger partial charge in [0, 0.05) is 5.02 Å². The standard InChI is InChI=1S/C28H24ClN3O5/c1-14-10-20-21(11-15(14)2)31-28(30-20)32-24(16-6-5-7-18(12-16)36-3)23(26(34)27(32)35)25(33)19-13-17(29)8-9-22(19)37-4/h5-13,24,33H,1-4H3,(H,30,31)/b25-23+. The Hall–Kier alpha value is -4.30. The third kappa shape index (κ3) is 4.09. The number of halogens is 1. The molecule has 0 saturated carbocycles. The maximum atomic E-state index is 13.5. The molecule has 0 spiro atoms. The van der Waals surface area contributed by atoms with E-state index in [-0.39, 0.29) is 17.1 Å². The number of nitrogens with zero attached hydrogens (tertiary/aromatic N) is 2. The number of carbonyl (C=O) groups is 2. The topological polar surface area (TPSA) is 105 Å². The summed E-state index contributed by atoms with van der Waals surface area (Å²) in [6.45, 7) is 3.96. The third-order valence-corrected chi connectivity index (χ3v) is 6.82. The number of H-pyrrole nitrogens is 1. The van der Waals surface area contributed by atoms with E-state index in [1.165, 1.54) is 25.2 Å². The predicted molar refractivity (Wildman–Crippen MR) is 141 cm³/mol. The lowest BCUT2D eigenvalue weighted by molar-refractivity contribution is -0.132. The minimum absolute atomic E-state index is 0.119. The van der Waals surface area contributed by atoms with Gasteiger partial charge in [-0.25, -0.2) is 4.98 Å². The van der Waals surface area contributed by atoms with E-state index in [0.29, 0.717) is 27.6 Å². The molecule has 1 atom stereocenters. The molecule has 37 heavy (non-hydrogen) atoms. The summed E-state index contributed by atoms with van der Waals surface area (Å²) < 4.78 is 10.8. The predicted octanol–water partition coefficient (Wildman–Crippen LogP) is 5.48. The molecule has 1 fully saturated rings. The molecule has 9 heteroatoms. The van der Waals surface area contributed by atoms with Crippen molar-refractivity contribution >= 4 is 46.0 Å². The molecule has 1 unspecified atom stereocenters. The Kier molecular flexibility index (Phi) is 6.13. The fourth-order valence-corrected chi connectivity index (χ4v) is 4.73. The van der Waals surface area contributed by atoms with Gasteiger partial charge in [0.15, 0.2) is 0 Å². The van der Waals surface area contributed by atoms with Crippen LogP contribution >= 0.6 is 11.6 Å². The first kappa shape index (κ1) is 24.4. The number of aromatic nitrogens is 2. The Morgan fingerprint density at radius 3 is 2.51 bits per heavy atom. The molecule has 1 aliphatic rings. The number of rotatable bonds is 5. The summed E-state index contributed by atoms with van der Waals surface area (Å²) in [6.07, 6.45) is 0. The van der Waals surface area contributed by atoms with E-state index in [0.717, 1.165) is 16.6 Å². The minimum Gasteiger partial charge on any atom is -0.507 e. The summed E-state index contributed by atoms with van der Waals surface area (Å²) >= 11 is 6.19. The van der Waals surface area contributed by atoms with Crippen LogP contribution in [-0.4, -0.2) is 41.0 Å². The van der Waals surface area contributed by atoms with Crippen molar-refractivity contribution in [2.24, 2.45) is 0 Å². The Morgan fingerprint density at radius 1 is 1.03 bits per heavy atom. The van der Waals surface area contributed by atoms with Gasteiger partial charge in [-0.2, -0.15) is 0 Å². The van der Waals surface area contributed by atoms with Crippen molar-refractivity contribution in [2.75, 3.05) is 19.1 Å². The van der Waals surface area contributed by atoms with Gasteiger partial charge >= 0.3 is 5.91 Å². The Balaban J connectivity index is 1.77. The number of carbonyl (C=O) groups excluding carboxylic acids is 2. The van der Waals surface area contributed by atoms with Gasteiger partial charge in [-0.3, -0.25) is 14.5 Å². The van der Waals surface area contributed by atoms with Crippen LogP contribution < -0.4 is 14.4 Å². The second-order valence-electron chi connectivity index (χ2n) is 8.80. The molecule has 188 valence electrons. The van der Waals surface area contributed by atoms with E-state index in [1.54, 1.807) is 36.4 Å². The van der Waals surface area contributed by atoms with Crippen LogP contribution in [0.5, 0.6) is 11.5 Å². The summed E-state index contributed by atoms with van der Waals surface area (Å²) in [5, 5.41) is 11.8. The van der Waals surface area contributed by atoms with Crippen LogP contribution in [0.1, 0.15) is 28.3 Å². The molecular weight excluding hydrogens is 494 g/mol. The van der Waals surface area contributed by atoms with Crippen LogP contribution in [0.2, 0.25) is 5.02 Å². The summed E-state index contributed by atoms with van der Waals surface area (Å²) in [5.74, 6) is -1.09. The first-order valence-electron chi connectivity index (χ1n) is 11.5. The minimum atomic E-state index is -0.999. The second-order valence-corrected chi connectivity index (χ2v) is 9.24. The molecule has 4 aromatic rings. The average Bonchev–Trinajstić information content (AvgIpc) is 3.41. The Labute approximate surface area is 218 Å². The quantitative estimate of drug-likeness (QED) is 0.206. The summed E-state index contributed by atoms with van der Waals surface area (Å²) in [4.78, 5) is 36.1. The van der Waals surface area contributed by atoms with Gasteiger partial charge in [0.25, 0.3) is 5.78 Å². The zero-order chi connectivity index (χ0) is 26.4. The van der Waals surface area contributed by atoms with Crippen molar-refractivity contribution in [1.82, 2.24) is 9.97 Å². The van der Waals surface area contributed by atoms with Crippen molar-refractivity contribution in [3.8, 4) is 11.5 Å². The number of amides is 1. The number of anilines is 1. The van der Waals surface area contributed by atoms with Gasteiger partial charge in [0.2, 0.25) is 5.95 Å². The third-order valence-electron chi connectivity index (χ3n) is 6.58. The number of ketones is 1. The summed E-state index contributed by atoms with van der Waals surface area (Å²) in [5.41, 5.74) is 4.10. The Bertz CT molecular complexity index is 1570. The summed E-state index contributed by atoms with van der Waals surface area (Å²) in [6, 6.07) is 14.5. The van der Waals surface area contributed by atoms with Crippen LogP contribution in [-0.2, 0) is 9.59 Å². The number of imidazole rings is 1. The number of hydrogen-bond acceptors (Lipinski definition) is 6. The van der Waals surface area contributed by atoms with Gasteiger partial charge in [0.05, 0.1) is 42.4 Å². The van der Waals surface area contributed by atoms with Gasteiger partial charge in [0.1, 0.15) is 17.3 Å². The van der Waals surface area contributed by atoms with E-state index >= 15 is 0 Å². The number of aromatic amines is 1. The number of hydrogen-bond donors (Lipinski definition) is 2. The van der Waals surface area contributed by atoms with Crippen LogP contribution in [0.25, 0.3) is 16.8 Å². The highest BCUT2D eigenvalue weighted by Crippen LogP contribution is 2.44. The molecule has 5 rings (SSSR count). The summed E-state index contributed by atoms with van der Waals surface area (Å²) in [7, 11) is 2.97.